The van der Waals surface area contributed by atoms with Crippen molar-refractivity contribution in [2.24, 2.45) is 0 Å². The second-order valence-electron chi connectivity index (χ2n) is 6.48. The van der Waals surface area contributed by atoms with E-state index in [1.54, 1.807) is 35.0 Å². The van der Waals surface area contributed by atoms with Crippen LogP contribution in [0.3, 0.4) is 0 Å². The maximum Gasteiger partial charge on any atom is 0.238 e. The third-order valence-electron chi connectivity index (χ3n) is 4.56. The van der Waals surface area contributed by atoms with Crippen LogP contribution in [0.15, 0.2) is 48.5 Å². The number of anilines is 1. The third kappa shape index (κ3) is 3.19. The molecule has 27 heavy (non-hydrogen) atoms. The Hall–Kier alpha value is -2.80. The van der Waals surface area contributed by atoms with Crippen molar-refractivity contribution in [2.75, 3.05) is 5.32 Å². The second kappa shape index (κ2) is 6.74. The van der Waals surface area contributed by atoms with E-state index in [0.29, 0.717) is 11.5 Å². The van der Waals surface area contributed by atoms with Gasteiger partial charge >= 0.3 is 0 Å². The number of nitrogens with zero attached hydrogens (tertiary/aromatic N) is 2. The molecule has 0 spiro atoms. The number of thioether (sulfide) groups is 1. The Bertz CT molecular complexity index is 1020. The van der Waals surface area contributed by atoms with Gasteiger partial charge in [0.2, 0.25) is 5.91 Å². The number of amides is 1. The molecule has 138 valence electrons. The SMILES string of the molecule is Cc1nn(-c2ccc(F)cc2)c2c1[C@H](c1cccc(O)c1)S[C@H](C)C(=O)N2. The lowest BCUT2D eigenvalue weighted by Crippen LogP contribution is -2.22. The summed E-state index contributed by atoms with van der Waals surface area (Å²) < 4.78 is 15.0. The highest BCUT2D eigenvalue weighted by molar-refractivity contribution is 8.01. The molecule has 1 aliphatic rings. The number of aromatic hydroxyl groups is 1. The van der Waals surface area contributed by atoms with Gasteiger partial charge in [-0.2, -0.15) is 5.10 Å². The molecule has 0 bridgehead atoms. The summed E-state index contributed by atoms with van der Waals surface area (Å²) in [6.45, 7) is 3.74. The minimum atomic E-state index is -0.334. The number of benzene rings is 2. The average molecular weight is 383 g/mol. The molecule has 2 N–H and O–H groups in total. The fourth-order valence-corrected chi connectivity index (χ4v) is 4.54. The van der Waals surface area contributed by atoms with Crippen molar-refractivity contribution in [3.63, 3.8) is 0 Å². The number of rotatable bonds is 2. The molecule has 3 aromatic rings. The Morgan fingerprint density at radius 2 is 1.96 bits per heavy atom. The van der Waals surface area contributed by atoms with Crippen molar-refractivity contribution < 1.29 is 14.3 Å². The van der Waals surface area contributed by atoms with Gasteiger partial charge in [0, 0.05) is 5.56 Å². The van der Waals surface area contributed by atoms with Gasteiger partial charge in [-0.3, -0.25) is 4.79 Å². The highest BCUT2D eigenvalue weighted by atomic mass is 32.2. The third-order valence-corrected chi connectivity index (χ3v) is 5.97. The molecule has 4 rings (SSSR count). The van der Waals surface area contributed by atoms with E-state index in [9.17, 15) is 14.3 Å². The second-order valence-corrected chi connectivity index (χ2v) is 7.93. The van der Waals surface area contributed by atoms with Crippen molar-refractivity contribution in [1.29, 1.82) is 0 Å². The molecule has 2 heterocycles. The Balaban J connectivity index is 1.91. The number of hydrogen-bond donors (Lipinski definition) is 2. The van der Waals surface area contributed by atoms with Gasteiger partial charge in [-0.05, 0) is 55.8 Å². The summed E-state index contributed by atoms with van der Waals surface area (Å²) in [6.07, 6.45) is 0. The first-order chi connectivity index (χ1) is 12.9. The fourth-order valence-electron chi connectivity index (χ4n) is 3.23. The zero-order valence-corrected chi connectivity index (χ0v) is 15.6. The summed E-state index contributed by atoms with van der Waals surface area (Å²) >= 11 is 1.51. The highest BCUT2D eigenvalue weighted by Gasteiger charge is 2.34. The first-order valence-electron chi connectivity index (χ1n) is 8.55. The van der Waals surface area contributed by atoms with Crippen molar-refractivity contribution in [3.8, 4) is 11.4 Å². The summed E-state index contributed by atoms with van der Waals surface area (Å²) in [5, 5.41) is 17.0. The molecule has 1 aliphatic heterocycles. The van der Waals surface area contributed by atoms with Crippen molar-refractivity contribution in [3.05, 3.63) is 71.2 Å². The number of carbonyl (C=O) groups is 1. The lowest BCUT2D eigenvalue weighted by molar-refractivity contribution is -0.115. The smallest absolute Gasteiger partial charge is 0.238 e. The number of aromatic nitrogens is 2. The van der Waals surface area contributed by atoms with E-state index in [1.807, 2.05) is 19.9 Å². The zero-order chi connectivity index (χ0) is 19.1. The molecule has 1 aromatic heterocycles. The van der Waals surface area contributed by atoms with E-state index < -0.39 is 0 Å². The van der Waals surface area contributed by atoms with Crippen molar-refractivity contribution in [1.82, 2.24) is 9.78 Å². The number of phenols is 1. The summed E-state index contributed by atoms with van der Waals surface area (Å²) in [6, 6.07) is 13.0. The molecule has 0 fully saturated rings. The molecule has 0 unspecified atom stereocenters. The molecule has 0 saturated carbocycles. The van der Waals surface area contributed by atoms with E-state index >= 15 is 0 Å². The molecule has 1 amide bonds. The molecule has 0 aliphatic carbocycles. The topological polar surface area (TPSA) is 67.1 Å². The lowest BCUT2D eigenvalue weighted by atomic mass is 10.0. The molecule has 0 saturated heterocycles. The van der Waals surface area contributed by atoms with Gasteiger partial charge in [-0.1, -0.05) is 12.1 Å². The Morgan fingerprint density at radius 3 is 2.67 bits per heavy atom. The van der Waals surface area contributed by atoms with Crippen molar-refractivity contribution in [2.45, 2.75) is 24.3 Å². The van der Waals surface area contributed by atoms with Crippen LogP contribution < -0.4 is 5.32 Å². The maximum atomic E-state index is 13.3. The average Bonchev–Trinajstić information content (AvgIpc) is 2.88. The van der Waals surface area contributed by atoms with Crippen LogP contribution in [0.1, 0.15) is 29.0 Å². The molecule has 5 nitrogen and oxygen atoms in total. The number of hydrogen-bond acceptors (Lipinski definition) is 4. The van der Waals surface area contributed by atoms with Gasteiger partial charge in [0.15, 0.2) is 0 Å². The van der Waals surface area contributed by atoms with Gasteiger partial charge in [0.05, 0.1) is 21.9 Å². The van der Waals surface area contributed by atoms with Crippen LogP contribution in [0, 0.1) is 12.7 Å². The molecule has 7 heteroatoms. The first-order valence-corrected chi connectivity index (χ1v) is 9.49. The largest absolute Gasteiger partial charge is 0.508 e. The fraction of sp³-hybridized carbons (Fsp3) is 0.200. The monoisotopic (exact) mass is 383 g/mol. The van der Waals surface area contributed by atoms with Gasteiger partial charge < -0.3 is 10.4 Å². The van der Waals surface area contributed by atoms with E-state index in [2.05, 4.69) is 10.4 Å². The summed E-state index contributed by atoms with van der Waals surface area (Å²) in [4.78, 5) is 12.6. The number of phenolic OH excluding ortho intramolecular Hbond substituents is 1. The van der Waals surface area contributed by atoms with E-state index in [0.717, 1.165) is 16.8 Å². The Labute approximate surface area is 160 Å². The molecule has 0 radical (unpaired) electrons. The van der Waals surface area contributed by atoms with Crippen LogP contribution >= 0.6 is 11.8 Å². The van der Waals surface area contributed by atoms with E-state index in [-0.39, 0.29) is 28.0 Å². The molecule has 2 atom stereocenters. The molecular formula is C20H18FN3O2S. The molecule has 2 aromatic carbocycles. The summed E-state index contributed by atoms with van der Waals surface area (Å²) in [7, 11) is 0. The number of halogens is 1. The Morgan fingerprint density at radius 1 is 1.22 bits per heavy atom. The van der Waals surface area contributed by atoms with Gasteiger partial charge in [0.25, 0.3) is 0 Å². The van der Waals surface area contributed by atoms with Gasteiger partial charge in [-0.15, -0.1) is 11.8 Å². The summed E-state index contributed by atoms with van der Waals surface area (Å²) in [5.74, 6) is 0.301. The van der Waals surface area contributed by atoms with Crippen LogP contribution in [0.25, 0.3) is 5.69 Å². The van der Waals surface area contributed by atoms with Crippen molar-refractivity contribution >= 4 is 23.5 Å². The number of carbonyl (C=O) groups excluding carboxylic acids is 1. The van der Waals surface area contributed by atoms with Gasteiger partial charge in [0.1, 0.15) is 17.4 Å². The lowest BCUT2D eigenvalue weighted by Gasteiger charge is -2.17. The number of fused-ring (bicyclic) bond motifs is 1. The summed E-state index contributed by atoms with van der Waals surface area (Å²) in [5.41, 5.74) is 3.21. The molecular weight excluding hydrogens is 365 g/mol. The van der Waals surface area contributed by atoms with Crippen LogP contribution in [-0.4, -0.2) is 26.0 Å². The number of aryl methyl sites for hydroxylation is 1. The van der Waals surface area contributed by atoms with Crippen LogP contribution in [0.4, 0.5) is 10.2 Å². The van der Waals surface area contributed by atoms with Crippen LogP contribution in [-0.2, 0) is 4.79 Å². The zero-order valence-electron chi connectivity index (χ0n) is 14.8. The quantitative estimate of drug-likeness (QED) is 0.696. The highest BCUT2D eigenvalue weighted by Crippen LogP contribution is 2.46. The number of nitrogens with one attached hydrogen (secondary N) is 1. The normalized spacial score (nSPS) is 19.3. The predicted molar refractivity (Wildman–Crippen MR) is 104 cm³/mol. The van der Waals surface area contributed by atoms with Gasteiger partial charge in [-0.25, -0.2) is 9.07 Å². The first kappa shape index (κ1) is 17.6. The van der Waals surface area contributed by atoms with Crippen LogP contribution in [0.5, 0.6) is 5.75 Å². The van der Waals surface area contributed by atoms with E-state index in [1.165, 1.54) is 23.9 Å². The predicted octanol–water partition coefficient (Wildman–Crippen LogP) is 4.19. The minimum absolute atomic E-state index is 0.118. The minimum Gasteiger partial charge on any atom is -0.508 e. The van der Waals surface area contributed by atoms with Crippen LogP contribution in [0.2, 0.25) is 0 Å². The standard InChI is InChI=1S/C20H18FN3O2S/c1-11-17-18(13-4-3-5-16(25)10-13)27-12(2)20(26)22-19(17)24(23-11)15-8-6-14(21)7-9-15/h3-10,12,18,25H,1-2H3,(H,22,26)/t12-,18+/m1/s1. The van der Waals surface area contributed by atoms with E-state index in [4.69, 9.17) is 0 Å². The maximum absolute atomic E-state index is 13.3. The Kier molecular flexibility index (Phi) is 4.39.